The Balaban J connectivity index is 2.30. The highest BCUT2D eigenvalue weighted by Gasteiger charge is 2.16. The number of carboxylic acid groups (broad SMARTS) is 1. The second-order valence-corrected chi connectivity index (χ2v) is 4.82. The second kappa shape index (κ2) is 5.36. The fourth-order valence-electron chi connectivity index (χ4n) is 1.66. The van der Waals surface area contributed by atoms with Gasteiger partial charge >= 0.3 is 5.97 Å². The fourth-order valence-corrected chi connectivity index (χ4v) is 2.42. The molecule has 0 saturated heterocycles. The minimum absolute atomic E-state index is 0.0301. The van der Waals surface area contributed by atoms with Gasteiger partial charge in [0.2, 0.25) is 0 Å². The molecule has 0 aliphatic rings. The first-order chi connectivity index (χ1) is 8.99. The van der Waals surface area contributed by atoms with E-state index in [-0.39, 0.29) is 11.7 Å². The fraction of sp³-hybridized carbons (Fsp3) is 0.154. The molecule has 1 atom stereocenters. The van der Waals surface area contributed by atoms with Crippen LogP contribution in [-0.4, -0.2) is 11.1 Å². The third-order valence-corrected chi connectivity index (χ3v) is 3.40. The Hall–Kier alpha value is -1.95. The van der Waals surface area contributed by atoms with Crippen molar-refractivity contribution in [2.45, 2.75) is 13.0 Å². The van der Waals surface area contributed by atoms with Crippen molar-refractivity contribution in [3.8, 4) is 0 Å². The standard InChI is InChI=1S/C13H11F2NO2S/c1-7(8-2-3-19-6-8)16-12-4-9(13(17)18)10(14)5-11(12)15/h2-7,16H,1H3,(H,17,18). The molecular weight excluding hydrogens is 272 g/mol. The van der Waals surface area contributed by atoms with E-state index in [2.05, 4.69) is 5.32 Å². The molecule has 2 rings (SSSR count). The monoisotopic (exact) mass is 283 g/mol. The Labute approximate surface area is 112 Å². The quantitative estimate of drug-likeness (QED) is 0.894. The number of anilines is 1. The Bertz CT molecular complexity index is 599. The number of benzene rings is 1. The summed E-state index contributed by atoms with van der Waals surface area (Å²) < 4.78 is 26.8. The summed E-state index contributed by atoms with van der Waals surface area (Å²) in [6.45, 7) is 1.81. The third-order valence-electron chi connectivity index (χ3n) is 2.70. The highest BCUT2D eigenvalue weighted by molar-refractivity contribution is 7.07. The molecule has 1 aromatic carbocycles. The predicted molar refractivity (Wildman–Crippen MR) is 69.7 cm³/mol. The Kier molecular flexibility index (Phi) is 3.80. The zero-order chi connectivity index (χ0) is 14.0. The predicted octanol–water partition coefficient (Wildman–Crippen LogP) is 3.90. The van der Waals surface area contributed by atoms with Gasteiger partial charge in [-0.05, 0) is 35.4 Å². The third kappa shape index (κ3) is 2.90. The van der Waals surface area contributed by atoms with Crippen molar-refractivity contribution in [2.24, 2.45) is 0 Å². The average molecular weight is 283 g/mol. The lowest BCUT2D eigenvalue weighted by atomic mass is 10.1. The highest BCUT2D eigenvalue weighted by Crippen LogP contribution is 2.25. The summed E-state index contributed by atoms with van der Waals surface area (Å²) in [7, 11) is 0. The molecule has 0 spiro atoms. The topological polar surface area (TPSA) is 49.3 Å². The summed E-state index contributed by atoms with van der Waals surface area (Å²) in [5.41, 5.74) is 0.365. The van der Waals surface area contributed by atoms with E-state index in [0.717, 1.165) is 11.6 Å². The number of carbonyl (C=O) groups is 1. The maximum Gasteiger partial charge on any atom is 0.338 e. The van der Waals surface area contributed by atoms with Crippen molar-refractivity contribution in [3.05, 3.63) is 51.7 Å². The van der Waals surface area contributed by atoms with Crippen LogP contribution in [0, 0.1) is 11.6 Å². The van der Waals surface area contributed by atoms with Gasteiger partial charge in [-0.25, -0.2) is 13.6 Å². The number of nitrogens with one attached hydrogen (secondary N) is 1. The lowest BCUT2D eigenvalue weighted by Gasteiger charge is -2.15. The van der Waals surface area contributed by atoms with Crippen LogP contribution < -0.4 is 5.32 Å². The molecule has 0 aliphatic carbocycles. The number of rotatable bonds is 4. The van der Waals surface area contributed by atoms with Gasteiger partial charge in [-0.3, -0.25) is 0 Å². The van der Waals surface area contributed by atoms with Crippen molar-refractivity contribution in [1.29, 1.82) is 0 Å². The lowest BCUT2D eigenvalue weighted by Crippen LogP contribution is -2.10. The zero-order valence-electron chi connectivity index (χ0n) is 9.98. The van der Waals surface area contributed by atoms with E-state index in [4.69, 9.17) is 5.11 Å². The van der Waals surface area contributed by atoms with Crippen LogP contribution in [0.4, 0.5) is 14.5 Å². The molecule has 0 bridgehead atoms. The molecular formula is C13H11F2NO2S. The first-order valence-corrected chi connectivity index (χ1v) is 6.44. The van der Waals surface area contributed by atoms with Gasteiger partial charge in [0.25, 0.3) is 0 Å². The molecule has 0 radical (unpaired) electrons. The minimum atomic E-state index is -1.43. The summed E-state index contributed by atoms with van der Waals surface area (Å²) in [5.74, 6) is -3.33. The molecule has 0 amide bonds. The molecule has 0 aliphatic heterocycles. The van der Waals surface area contributed by atoms with Crippen LogP contribution >= 0.6 is 11.3 Å². The van der Waals surface area contributed by atoms with Crippen LogP contribution in [-0.2, 0) is 0 Å². The van der Waals surface area contributed by atoms with Gasteiger partial charge in [-0.1, -0.05) is 0 Å². The van der Waals surface area contributed by atoms with Gasteiger partial charge in [-0.2, -0.15) is 11.3 Å². The normalized spacial score (nSPS) is 12.2. The maximum atomic E-state index is 13.6. The number of carboxylic acids is 1. The molecule has 6 heteroatoms. The van der Waals surface area contributed by atoms with Crippen molar-refractivity contribution >= 4 is 23.0 Å². The van der Waals surface area contributed by atoms with Gasteiger partial charge in [0.15, 0.2) is 0 Å². The summed E-state index contributed by atoms with van der Waals surface area (Å²) >= 11 is 1.51. The summed E-state index contributed by atoms with van der Waals surface area (Å²) in [6.07, 6.45) is 0. The lowest BCUT2D eigenvalue weighted by molar-refractivity contribution is 0.0692. The Morgan fingerprint density at radius 1 is 1.37 bits per heavy atom. The number of halogens is 2. The van der Waals surface area contributed by atoms with Crippen LogP contribution in [0.15, 0.2) is 29.0 Å². The van der Waals surface area contributed by atoms with E-state index in [1.165, 1.54) is 11.3 Å². The van der Waals surface area contributed by atoms with E-state index in [9.17, 15) is 13.6 Å². The van der Waals surface area contributed by atoms with E-state index < -0.39 is 23.2 Å². The summed E-state index contributed by atoms with van der Waals surface area (Å²) in [4.78, 5) is 10.8. The van der Waals surface area contributed by atoms with Gasteiger partial charge < -0.3 is 10.4 Å². The van der Waals surface area contributed by atoms with Crippen LogP contribution in [0.25, 0.3) is 0 Å². The van der Waals surface area contributed by atoms with E-state index in [1.807, 2.05) is 23.8 Å². The van der Waals surface area contributed by atoms with Crippen LogP contribution in [0.2, 0.25) is 0 Å². The van der Waals surface area contributed by atoms with Crippen molar-refractivity contribution in [2.75, 3.05) is 5.32 Å². The summed E-state index contributed by atoms with van der Waals surface area (Å²) in [6, 6.07) is 3.22. The number of hydrogen-bond acceptors (Lipinski definition) is 3. The molecule has 1 unspecified atom stereocenters. The second-order valence-electron chi connectivity index (χ2n) is 4.04. The molecule has 0 fully saturated rings. The van der Waals surface area contributed by atoms with E-state index in [1.54, 1.807) is 0 Å². The molecule has 19 heavy (non-hydrogen) atoms. The Morgan fingerprint density at radius 3 is 2.68 bits per heavy atom. The smallest absolute Gasteiger partial charge is 0.338 e. The van der Waals surface area contributed by atoms with Crippen molar-refractivity contribution in [3.63, 3.8) is 0 Å². The van der Waals surface area contributed by atoms with Crippen LogP contribution in [0.5, 0.6) is 0 Å². The summed E-state index contributed by atoms with van der Waals surface area (Å²) in [5, 5.41) is 15.4. The maximum absolute atomic E-state index is 13.6. The number of hydrogen-bond donors (Lipinski definition) is 2. The first kappa shape index (κ1) is 13.5. The number of thiophene rings is 1. The van der Waals surface area contributed by atoms with Crippen molar-refractivity contribution in [1.82, 2.24) is 0 Å². The molecule has 2 aromatic rings. The molecule has 100 valence electrons. The first-order valence-electron chi connectivity index (χ1n) is 5.50. The van der Waals surface area contributed by atoms with Gasteiger partial charge in [0, 0.05) is 12.1 Å². The Morgan fingerprint density at radius 2 is 2.11 bits per heavy atom. The average Bonchev–Trinajstić information content (AvgIpc) is 2.85. The molecule has 3 nitrogen and oxygen atoms in total. The van der Waals surface area contributed by atoms with Gasteiger partial charge in [-0.15, -0.1) is 0 Å². The molecule has 1 heterocycles. The van der Waals surface area contributed by atoms with Gasteiger partial charge in [0.05, 0.1) is 11.3 Å². The van der Waals surface area contributed by atoms with E-state index >= 15 is 0 Å². The minimum Gasteiger partial charge on any atom is -0.478 e. The largest absolute Gasteiger partial charge is 0.478 e. The number of aromatic carboxylic acids is 1. The highest BCUT2D eigenvalue weighted by atomic mass is 32.1. The van der Waals surface area contributed by atoms with Crippen LogP contribution in [0.3, 0.4) is 0 Å². The van der Waals surface area contributed by atoms with Crippen molar-refractivity contribution < 1.29 is 18.7 Å². The zero-order valence-corrected chi connectivity index (χ0v) is 10.8. The van der Waals surface area contributed by atoms with Crippen LogP contribution in [0.1, 0.15) is 28.9 Å². The molecule has 1 aromatic heterocycles. The molecule has 0 saturated carbocycles. The van der Waals surface area contributed by atoms with Gasteiger partial charge in [0.1, 0.15) is 11.6 Å². The SMILES string of the molecule is CC(Nc1cc(C(=O)O)c(F)cc1F)c1ccsc1. The van der Waals surface area contributed by atoms with E-state index in [0.29, 0.717) is 6.07 Å². The molecule has 2 N–H and O–H groups in total.